The van der Waals surface area contributed by atoms with Crippen molar-refractivity contribution >= 4 is 45.0 Å². The monoisotopic (exact) mass is 367 g/mol. The van der Waals surface area contributed by atoms with Gasteiger partial charge in [0, 0.05) is 19.2 Å². The van der Waals surface area contributed by atoms with E-state index in [1.54, 1.807) is 0 Å². The third-order valence-electron chi connectivity index (χ3n) is 2.82. The molecule has 1 aliphatic rings. The van der Waals surface area contributed by atoms with Gasteiger partial charge < -0.3 is 25.3 Å². The number of rotatable bonds is 4. The SMILES string of the molecule is COCC(N)C(=O)Nc1nc2cc3c(cc2s1)OC(F)(F)O3.Cl. The molecule has 1 unspecified atom stereocenters. The Morgan fingerprint density at radius 2 is 2.13 bits per heavy atom. The van der Waals surface area contributed by atoms with Gasteiger partial charge in [-0.05, 0) is 0 Å². The normalized spacial score (nSPS) is 16.0. The number of hydrogen-bond acceptors (Lipinski definition) is 7. The van der Waals surface area contributed by atoms with E-state index >= 15 is 0 Å². The molecule has 0 spiro atoms. The van der Waals surface area contributed by atoms with E-state index < -0.39 is 18.2 Å². The number of nitrogens with one attached hydrogen (secondary N) is 1. The van der Waals surface area contributed by atoms with Crippen LogP contribution in [0.2, 0.25) is 0 Å². The van der Waals surface area contributed by atoms with Crippen molar-refractivity contribution in [2.45, 2.75) is 12.3 Å². The number of halogens is 3. The van der Waals surface area contributed by atoms with E-state index in [1.165, 1.54) is 19.2 Å². The molecule has 2 heterocycles. The van der Waals surface area contributed by atoms with Crippen LogP contribution < -0.4 is 20.5 Å². The minimum atomic E-state index is -3.67. The van der Waals surface area contributed by atoms with E-state index in [2.05, 4.69) is 19.8 Å². The maximum atomic E-state index is 13.0. The van der Waals surface area contributed by atoms with Gasteiger partial charge in [-0.1, -0.05) is 11.3 Å². The number of thiazole rings is 1. The third-order valence-corrected chi connectivity index (χ3v) is 3.76. The number of methoxy groups -OCH3 is 1. The van der Waals surface area contributed by atoms with Gasteiger partial charge in [0.25, 0.3) is 0 Å². The summed E-state index contributed by atoms with van der Waals surface area (Å²) >= 11 is 1.11. The molecule has 0 saturated heterocycles. The molecule has 0 aliphatic carbocycles. The highest BCUT2D eigenvalue weighted by atomic mass is 35.5. The molecule has 23 heavy (non-hydrogen) atoms. The summed E-state index contributed by atoms with van der Waals surface area (Å²) in [4.78, 5) is 15.9. The second-order valence-corrected chi connectivity index (χ2v) is 5.53. The Kier molecular flexibility index (Phi) is 4.90. The third kappa shape index (κ3) is 3.61. The predicted molar refractivity (Wildman–Crippen MR) is 81.6 cm³/mol. The van der Waals surface area contributed by atoms with Crippen LogP contribution in [0.15, 0.2) is 12.1 Å². The van der Waals surface area contributed by atoms with Crippen LogP contribution in [0.3, 0.4) is 0 Å². The Labute approximate surface area is 139 Å². The fraction of sp³-hybridized carbons (Fsp3) is 0.333. The molecular weight excluding hydrogens is 356 g/mol. The molecule has 1 atom stereocenters. The van der Waals surface area contributed by atoms with E-state index in [9.17, 15) is 13.6 Å². The van der Waals surface area contributed by atoms with E-state index in [-0.39, 0.29) is 30.5 Å². The first-order valence-corrected chi connectivity index (χ1v) is 6.95. The molecule has 3 N–H and O–H groups in total. The molecule has 0 saturated carbocycles. The summed E-state index contributed by atoms with van der Waals surface area (Å²) in [5.74, 6) is -0.626. The Balaban J connectivity index is 0.00000192. The number of carbonyl (C=O) groups excluding carboxylic acids is 1. The van der Waals surface area contributed by atoms with Gasteiger partial charge in [0.2, 0.25) is 5.91 Å². The summed E-state index contributed by atoms with van der Waals surface area (Å²) in [5, 5.41) is 2.83. The zero-order valence-electron chi connectivity index (χ0n) is 11.7. The molecule has 3 rings (SSSR count). The first-order chi connectivity index (χ1) is 10.4. The van der Waals surface area contributed by atoms with Crippen LogP contribution in [0, 0.1) is 0 Å². The van der Waals surface area contributed by atoms with Crippen LogP contribution in [0.4, 0.5) is 13.9 Å². The Morgan fingerprint density at radius 3 is 2.78 bits per heavy atom. The fourth-order valence-electron chi connectivity index (χ4n) is 1.88. The average Bonchev–Trinajstić information content (AvgIpc) is 2.92. The number of nitrogens with two attached hydrogens (primary N) is 1. The smallest absolute Gasteiger partial charge is 0.395 e. The van der Waals surface area contributed by atoms with Crippen LogP contribution >= 0.6 is 23.7 Å². The minimum Gasteiger partial charge on any atom is -0.395 e. The molecule has 11 heteroatoms. The number of hydrogen-bond donors (Lipinski definition) is 2. The van der Waals surface area contributed by atoms with Crippen molar-refractivity contribution in [2.75, 3.05) is 19.0 Å². The van der Waals surface area contributed by atoms with Crippen LogP contribution in [0.5, 0.6) is 11.5 Å². The number of nitrogens with zero attached hydrogens (tertiary/aromatic N) is 1. The molecule has 2 aromatic rings. The molecule has 126 valence electrons. The van der Waals surface area contributed by atoms with E-state index in [1.807, 2.05) is 0 Å². The number of ether oxygens (including phenoxy) is 3. The summed E-state index contributed by atoms with van der Waals surface area (Å²) in [5.41, 5.74) is 6.00. The zero-order valence-corrected chi connectivity index (χ0v) is 13.3. The van der Waals surface area contributed by atoms with E-state index in [4.69, 9.17) is 10.5 Å². The highest BCUT2D eigenvalue weighted by Gasteiger charge is 2.43. The number of alkyl halides is 2. The summed E-state index contributed by atoms with van der Waals surface area (Å²) in [7, 11) is 1.43. The lowest BCUT2D eigenvalue weighted by atomic mass is 10.3. The Morgan fingerprint density at radius 1 is 1.48 bits per heavy atom. The van der Waals surface area contributed by atoms with Crippen molar-refractivity contribution < 1.29 is 27.8 Å². The lowest BCUT2D eigenvalue weighted by Crippen LogP contribution is -2.39. The van der Waals surface area contributed by atoms with Gasteiger partial charge in [0.05, 0.1) is 16.8 Å². The first-order valence-electron chi connectivity index (χ1n) is 6.14. The standard InChI is InChI=1S/C12H11F2N3O4S.ClH/c1-19-4-5(15)10(18)17-11-16-6-2-7-8(3-9(6)22-11)21-12(13,14)20-7;/h2-3,5H,4,15H2,1H3,(H,16,17,18);1H. The van der Waals surface area contributed by atoms with Crippen molar-refractivity contribution in [3.05, 3.63) is 12.1 Å². The van der Waals surface area contributed by atoms with Gasteiger partial charge in [-0.3, -0.25) is 4.79 Å². The molecule has 0 fully saturated rings. The lowest BCUT2D eigenvalue weighted by Gasteiger charge is -2.08. The minimum absolute atomic E-state index is 0. The van der Waals surface area contributed by atoms with Crippen LogP contribution in [-0.4, -0.2) is 36.9 Å². The summed E-state index contributed by atoms with van der Waals surface area (Å²) in [6, 6.07) is 1.88. The van der Waals surface area contributed by atoms with Crippen molar-refractivity contribution in [1.82, 2.24) is 4.98 Å². The average molecular weight is 368 g/mol. The lowest BCUT2D eigenvalue weighted by molar-refractivity contribution is -0.286. The first kappa shape index (κ1) is 17.6. The highest BCUT2D eigenvalue weighted by Crippen LogP contribution is 2.44. The van der Waals surface area contributed by atoms with Crippen LogP contribution in [0.1, 0.15) is 0 Å². The summed E-state index contributed by atoms with van der Waals surface area (Å²) < 4.78 is 40.0. The van der Waals surface area contributed by atoms with Gasteiger partial charge in [-0.15, -0.1) is 21.2 Å². The molecule has 1 aliphatic heterocycles. The zero-order chi connectivity index (χ0) is 15.9. The number of carbonyl (C=O) groups is 1. The highest BCUT2D eigenvalue weighted by molar-refractivity contribution is 7.22. The van der Waals surface area contributed by atoms with Gasteiger partial charge >= 0.3 is 6.29 Å². The van der Waals surface area contributed by atoms with Crippen molar-refractivity contribution in [3.63, 3.8) is 0 Å². The van der Waals surface area contributed by atoms with Gasteiger partial charge in [0.15, 0.2) is 16.6 Å². The Hall–Kier alpha value is -1.75. The Bertz CT molecular complexity index is 697. The number of aromatic nitrogens is 1. The van der Waals surface area contributed by atoms with Crippen LogP contribution in [0.25, 0.3) is 10.2 Å². The number of amides is 1. The summed E-state index contributed by atoms with van der Waals surface area (Å²) in [6.45, 7) is 0.0712. The maximum absolute atomic E-state index is 13.0. The van der Waals surface area contributed by atoms with E-state index in [0.29, 0.717) is 15.3 Å². The quantitative estimate of drug-likeness (QED) is 0.857. The van der Waals surface area contributed by atoms with Gasteiger partial charge in [-0.25, -0.2) is 4.98 Å². The molecule has 1 aromatic carbocycles. The van der Waals surface area contributed by atoms with Gasteiger partial charge in [0.1, 0.15) is 6.04 Å². The second kappa shape index (κ2) is 6.40. The molecule has 1 aromatic heterocycles. The van der Waals surface area contributed by atoms with Crippen molar-refractivity contribution in [2.24, 2.45) is 5.73 Å². The van der Waals surface area contributed by atoms with Crippen molar-refractivity contribution in [1.29, 1.82) is 0 Å². The van der Waals surface area contributed by atoms with Gasteiger partial charge in [-0.2, -0.15) is 0 Å². The second-order valence-electron chi connectivity index (χ2n) is 4.50. The van der Waals surface area contributed by atoms with E-state index in [0.717, 1.165) is 11.3 Å². The molecule has 0 bridgehead atoms. The van der Waals surface area contributed by atoms with Crippen molar-refractivity contribution in [3.8, 4) is 11.5 Å². The number of fused-ring (bicyclic) bond motifs is 2. The molecule has 7 nitrogen and oxygen atoms in total. The molecular formula is C12H12ClF2N3O4S. The summed E-state index contributed by atoms with van der Waals surface area (Å²) in [6.07, 6.45) is -3.67. The van der Waals surface area contributed by atoms with Crippen LogP contribution in [-0.2, 0) is 9.53 Å². The maximum Gasteiger partial charge on any atom is 0.586 e. The predicted octanol–water partition coefficient (Wildman–Crippen LogP) is 1.95. The topological polar surface area (TPSA) is 95.7 Å². The largest absolute Gasteiger partial charge is 0.586 e. The molecule has 0 radical (unpaired) electrons. The number of benzene rings is 1. The number of anilines is 1. The fourth-order valence-corrected chi connectivity index (χ4v) is 2.76. The molecule has 1 amide bonds.